The van der Waals surface area contributed by atoms with E-state index < -0.39 is 0 Å². The van der Waals surface area contributed by atoms with Crippen molar-refractivity contribution >= 4 is 11.6 Å². The van der Waals surface area contributed by atoms with Crippen molar-refractivity contribution in [1.82, 2.24) is 5.32 Å². The van der Waals surface area contributed by atoms with E-state index in [0.717, 1.165) is 18.5 Å². The van der Waals surface area contributed by atoms with Gasteiger partial charge in [0.2, 0.25) is 0 Å². The van der Waals surface area contributed by atoms with Crippen molar-refractivity contribution in [2.75, 3.05) is 20.8 Å². The third kappa shape index (κ3) is 4.68. The van der Waals surface area contributed by atoms with E-state index in [2.05, 4.69) is 26.1 Å². The fraction of sp³-hybridized carbons (Fsp3) is 0.600. The van der Waals surface area contributed by atoms with Gasteiger partial charge in [0.1, 0.15) is 5.75 Å². The number of halogens is 1. The van der Waals surface area contributed by atoms with Gasteiger partial charge in [-0.05, 0) is 44.5 Å². The molecule has 0 fully saturated rings. The van der Waals surface area contributed by atoms with E-state index in [1.807, 2.05) is 18.2 Å². The van der Waals surface area contributed by atoms with Gasteiger partial charge < -0.3 is 14.8 Å². The lowest BCUT2D eigenvalue weighted by atomic mass is 9.93. The molecule has 0 aromatic heterocycles. The standard InChI is InChI=1S/C15H24ClNO2/c1-6-17-13(10-15(2,3)19-5)11-7-8-12(16)14(9-11)18-4/h7-9,13,17H,6,10H2,1-5H3. The number of ether oxygens (including phenoxy) is 2. The predicted octanol–water partition coefficient (Wildman–Crippen LogP) is 3.81. The fourth-order valence-corrected chi connectivity index (χ4v) is 2.22. The molecule has 1 atom stereocenters. The zero-order chi connectivity index (χ0) is 14.5. The maximum Gasteiger partial charge on any atom is 0.137 e. The molecular weight excluding hydrogens is 262 g/mol. The van der Waals surface area contributed by atoms with Crippen LogP contribution in [0.25, 0.3) is 0 Å². The van der Waals surface area contributed by atoms with Crippen molar-refractivity contribution in [2.24, 2.45) is 0 Å². The molecule has 1 N–H and O–H groups in total. The fourth-order valence-electron chi connectivity index (χ4n) is 2.02. The number of nitrogens with one attached hydrogen (secondary N) is 1. The van der Waals surface area contributed by atoms with Gasteiger partial charge in [-0.25, -0.2) is 0 Å². The molecule has 0 heterocycles. The Bertz CT molecular complexity index is 407. The summed E-state index contributed by atoms with van der Waals surface area (Å²) in [4.78, 5) is 0. The minimum Gasteiger partial charge on any atom is -0.495 e. The van der Waals surface area contributed by atoms with E-state index in [9.17, 15) is 0 Å². The molecule has 0 aliphatic carbocycles. The smallest absolute Gasteiger partial charge is 0.137 e. The van der Waals surface area contributed by atoms with Crippen LogP contribution in [0.2, 0.25) is 5.02 Å². The molecule has 0 aliphatic heterocycles. The van der Waals surface area contributed by atoms with Crippen LogP contribution in [-0.4, -0.2) is 26.4 Å². The molecule has 0 aliphatic rings. The van der Waals surface area contributed by atoms with Gasteiger partial charge in [0.25, 0.3) is 0 Å². The Morgan fingerprint density at radius 1 is 1.32 bits per heavy atom. The molecule has 1 aromatic carbocycles. The van der Waals surface area contributed by atoms with Crippen molar-refractivity contribution in [3.8, 4) is 5.75 Å². The van der Waals surface area contributed by atoms with Gasteiger partial charge in [0, 0.05) is 13.2 Å². The van der Waals surface area contributed by atoms with Crippen LogP contribution in [0.4, 0.5) is 0 Å². The molecule has 4 heteroatoms. The summed E-state index contributed by atoms with van der Waals surface area (Å²) >= 11 is 6.07. The van der Waals surface area contributed by atoms with Crippen LogP contribution >= 0.6 is 11.6 Å². The summed E-state index contributed by atoms with van der Waals surface area (Å²) in [7, 11) is 3.37. The van der Waals surface area contributed by atoms with Crippen LogP contribution in [0.1, 0.15) is 38.8 Å². The Kier molecular flexibility index (Phi) is 6.11. The quantitative estimate of drug-likeness (QED) is 0.826. The average Bonchev–Trinajstić information content (AvgIpc) is 2.38. The molecule has 108 valence electrons. The average molecular weight is 286 g/mol. The van der Waals surface area contributed by atoms with Crippen molar-refractivity contribution in [1.29, 1.82) is 0 Å². The molecule has 0 amide bonds. The Balaban J connectivity index is 2.98. The van der Waals surface area contributed by atoms with Crippen LogP contribution in [-0.2, 0) is 4.74 Å². The molecule has 1 aromatic rings. The summed E-state index contributed by atoms with van der Waals surface area (Å²) in [5, 5.41) is 4.11. The van der Waals surface area contributed by atoms with Crippen LogP contribution in [0, 0.1) is 0 Å². The zero-order valence-corrected chi connectivity index (χ0v) is 13.2. The minimum absolute atomic E-state index is 0.181. The van der Waals surface area contributed by atoms with E-state index in [4.69, 9.17) is 21.1 Å². The van der Waals surface area contributed by atoms with Crippen molar-refractivity contribution in [3.05, 3.63) is 28.8 Å². The minimum atomic E-state index is -0.181. The summed E-state index contributed by atoms with van der Waals surface area (Å²) in [6.45, 7) is 7.17. The molecule has 1 rings (SSSR count). The molecule has 3 nitrogen and oxygen atoms in total. The lowest BCUT2D eigenvalue weighted by Gasteiger charge is -2.29. The summed E-state index contributed by atoms with van der Waals surface area (Å²) in [5.74, 6) is 0.706. The Morgan fingerprint density at radius 3 is 2.53 bits per heavy atom. The third-order valence-corrected chi connectivity index (χ3v) is 3.59. The topological polar surface area (TPSA) is 30.5 Å². The first kappa shape index (κ1) is 16.3. The normalized spacial score (nSPS) is 13.4. The maximum atomic E-state index is 6.07. The molecule has 0 saturated heterocycles. The molecule has 0 spiro atoms. The molecule has 0 radical (unpaired) electrons. The van der Waals surface area contributed by atoms with Gasteiger partial charge in [0.05, 0.1) is 17.7 Å². The number of benzene rings is 1. The van der Waals surface area contributed by atoms with E-state index >= 15 is 0 Å². The first-order chi connectivity index (χ1) is 8.93. The van der Waals surface area contributed by atoms with E-state index in [-0.39, 0.29) is 11.6 Å². The summed E-state index contributed by atoms with van der Waals surface area (Å²) < 4.78 is 10.8. The number of hydrogen-bond donors (Lipinski definition) is 1. The highest BCUT2D eigenvalue weighted by Crippen LogP contribution is 2.31. The van der Waals surface area contributed by atoms with Gasteiger partial charge in [0.15, 0.2) is 0 Å². The number of hydrogen-bond acceptors (Lipinski definition) is 3. The van der Waals surface area contributed by atoms with Crippen LogP contribution in [0.15, 0.2) is 18.2 Å². The van der Waals surface area contributed by atoms with Crippen LogP contribution in [0.5, 0.6) is 5.75 Å². The second-order valence-electron chi connectivity index (χ2n) is 5.17. The second kappa shape index (κ2) is 7.13. The van der Waals surface area contributed by atoms with E-state index in [1.165, 1.54) is 0 Å². The van der Waals surface area contributed by atoms with E-state index in [1.54, 1.807) is 14.2 Å². The third-order valence-electron chi connectivity index (χ3n) is 3.28. The van der Waals surface area contributed by atoms with Crippen LogP contribution in [0.3, 0.4) is 0 Å². The maximum absolute atomic E-state index is 6.07. The highest BCUT2D eigenvalue weighted by Gasteiger charge is 2.24. The Labute approximate surface area is 121 Å². The second-order valence-corrected chi connectivity index (χ2v) is 5.58. The van der Waals surface area contributed by atoms with Crippen molar-refractivity contribution in [3.63, 3.8) is 0 Å². The van der Waals surface area contributed by atoms with Gasteiger partial charge >= 0.3 is 0 Å². The van der Waals surface area contributed by atoms with Gasteiger partial charge in [-0.3, -0.25) is 0 Å². The highest BCUT2D eigenvalue weighted by molar-refractivity contribution is 6.32. The summed E-state index contributed by atoms with van der Waals surface area (Å²) in [6.07, 6.45) is 0.877. The van der Waals surface area contributed by atoms with Crippen LogP contribution < -0.4 is 10.1 Å². The molecule has 1 unspecified atom stereocenters. The zero-order valence-electron chi connectivity index (χ0n) is 12.4. The lowest BCUT2D eigenvalue weighted by molar-refractivity contribution is 0.00696. The molecular formula is C15H24ClNO2. The monoisotopic (exact) mass is 285 g/mol. The van der Waals surface area contributed by atoms with Gasteiger partial charge in [-0.15, -0.1) is 0 Å². The summed E-state index contributed by atoms with van der Waals surface area (Å²) in [6, 6.07) is 6.11. The van der Waals surface area contributed by atoms with E-state index in [0.29, 0.717) is 10.8 Å². The Morgan fingerprint density at radius 2 is 2.00 bits per heavy atom. The molecule has 19 heavy (non-hydrogen) atoms. The summed E-state index contributed by atoms with van der Waals surface area (Å²) in [5.41, 5.74) is 0.980. The molecule has 0 bridgehead atoms. The predicted molar refractivity (Wildman–Crippen MR) is 80.1 cm³/mol. The molecule has 0 saturated carbocycles. The van der Waals surface area contributed by atoms with Gasteiger partial charge in [-0.2, -0.15) is 0 Å². The Hall–Kier alpha value is -0.770. The first-order valence-electron chi connectivity index (χ1n) is 6.55. The van der Waals surface area contributed by atoms with Gasteiger partial charge in [-0.1, -0.05) is 24.6 Å². The lowest BCUT2D eigenvalue weighted by Crippen LogP contribution is -2.32. The SMILES string of the molecule is CCNC(CC(C)(C)OC)c1ccc(Cl)c(OC)c1. The number of methoxy groups -OCH3 is 2. The first-order valence-corrected chi connectivity index (χ1v) is 6.93. The largest absolute Gasteiger partial charge is 0.495 e. The van der Waals surface area contributed by atoms with Crippen molar-refractivity contribution < 1.29 is 9.47 Å². The number of rotatable bonds is 7. The highest BCUT2D eigenvalue weighted by atomic mass is 35.5. The van der Waals surface area contributed by atoms with Crippen molar-refractivity contribution in [2.45, 2.75) is 38.8 Å².